The number of aliphatic hydroxyl groups is 3. The fraction of sp³-hybridized carbons (Fsp3) is 0.708. The average molecular weight is 2010 g/mol. The number of ketones is 1. The van der Waals surface area contributed by atoms with E-state index in [0.717, 1.165) is 22.2 Å². The van der Waals surface area contributed by atoms with E-state index in [1.165, 1.54) is 24.3 Å². The summed E-state index contributed by atoms with van der Waals surface area (Å²) in [5.74, 6) is -10.4. The van der Waals surface area contributed by atoms with Crippen LogP contribution in [-0.4, -0.2) is 383 Å². The number of ether oxygens (including phenoxy) is 15. The van der Waals surface area contributed by atoms with Gasteiger partial charge in [-0.25, -0.2) is 4.79 Å². The lowest BCUT2D eigenvalue weighted by molar-refractivity contribution is -0.941. The first-order chi connectivity index (χ1) is 66.7. The van der Waals surface area contributed by atoms with Gasteiger partial charge in [0.25, 0.3) is 5.91 Å². The molecule has 3 saturated heterocycles. The maximum absolute atomic E-state index is 15.3. The number of imide groups is 1. The summed E-state index contributed by atoms with van der Waals surface area (Å²) >= 11 is 2.35. The lowest BCUT2D eigenvalue weighted by Crippen LogP contribution is -2.61. The number of thioether (sulfide) groups is 1. The van der Waals surface area contributed by atoms with Crippen LogP contribution in [0.25, 0.3) is 0 Å². The van der Waals surface area contributed by atoms with Gasteiger partial charge in [0.05, 0.1) is 188 Å². The molecule has 139 heavy (non-hydrogen) atoms. The molecule has 3 unspecified atom stereocenters. The number of hydrogen-bond acceptors (Lipinski definition) is 33. The topological polar surface area (TPSA) is 537 Å². The van der Waals surface area contributed by atoms with Crippen LogP contribution in [0.4, 0.5) is 5.69 Å². The van der Waals surface area contributed by atoms with Gasteiger partial charge in [0.15, 0.2) is 11.9 Å². The molecule has 1 aromatic heterocycles. The molecule has 784 valence electrons. The highest BCUT2D eigenvalue weighted by Gasteiger charge is 2.50. The standard InChI is InChI=1S/C96H151N9O32S2/c1-11-64(4)71(92(117)103(7)74(63(2)3)58-79(135-66(6)106)80-56-69(62-139-80)89(114)100-70(53-65(5)94(119)120)54-67-19-13-12-14-20-67)57-77(107)76-22-16-18-29-105(76,8)61-68-23-24-78(136-96-87(113)85(111)86(112)88(137-96)95(121)122)73(55-68)101-83(109)25-28-99-90(115)72(102-91(116)75(60-97)104-84(110)59-81(138-10)93(104)118)21-15-17-27-98-82(108)26-30-124-33-34-126-37-38-128-41-42-130-45-46-132-49-50-134-52-51-133-48-47-131-44-43-129-40-39-127-36-35-125-32-31-123-9/h12-14,19-20,23-24,55-56,62-65,70-72,74-76,79,81,85-88,96,111-113H,11,15-18,21-22,25-54,57-61,97H2,1-10H3,(H6-,98,99,100,101,102,108,109,114,115,116,119,120,121,122)/p+1/t64-,65-,70+,71-,72-,74+,75-,76+,79+,81?,85-,86-,87+,88-,96?,105?/m0/s1. The first-order valence-corrected chi connectivity index (χ1v) is 50.2. The number of quaternary nitrogens is 1. The highest BCUT2D eigenvalue weighted by atomic mass is 32.2. The molecule has 6 rings (SSSR count). The van der Waals surface area contributed by atoms with Gasteiger partial charge in [-0.3, -0.25) is 57.6 Å². The van der Waals surface area contributed by atoms with E-state index in [9.17, 15) is 73.5 Å². The van der Waals surface area contributed by atoms with Crippen molar-refractivity contribution in [2.45, 2.75) is 210 Å². The Balaban J connectivity index is 0.996. The van der Waals surface area contributed by atoms with Gasteiger partial charge in [-0.2, -0.15) is 11.8 Å². The molecule has 8 amide bonds. The van der Waals surface area contributed by atoms with Crippen LogP contribution >= 0.6 is 23.1 Å². The van der Waals surface area contributed by atoms with Crippen molar-refractivity contribution >= 4 is 99.7 Å². The largest absolute Gasteiger partial charge is 0.481 e. The van der Waals surface area contributed by atoms with E-state index in [2.05, 4.69) is 26.6 Å². The number of rotatable bonds is 75. The van der Waals surface area contributed by atoms with E-state index in [1.807, 2.05) is 65.1 Å². The van der Waals surface area contributed by atoms with Crippen molar-refractivity contribution in [3.8, 4) is 5.75 Å². The Bertz CT molecular complexity index is 4180. The minimum Gasteiger partial charge on any atom is -0.481 e. The smallest absolute Gasteiger partial charge is 0.335 e. The molecule has 0 bridgehead atoms. The van der Waals surface area contributed by atoms with E-state index < -0.39 is 150 Å². The number of nitrogens with zero attached hydrogens (tertiary/aromatic N) is 3. The van der Waals surface area contributed by atoms with Gasteiger partial charge in [0.2, 0.25) is 47.6 Å². The molecule has 0 radical (unpaired) electrons. The zero-order valence-electron chi connectivity index (χ0n) is 82.2. The average Bonchev–Trinajstić information content (AvgIpc) is 1.63. The molecular weight excluding hydrogens is 1860 g/mol. The Morgan fingerprint density at radius 2 is 1.23 bits per heavy atom. The van der Waals surface area contributed by atoms with Crippen LogP contribution in [0.2, 0.25) is 0 Å². The van der Waals surface area contributed by atoms with Gasteiger partial charge < -0.3 is 138 Å². The van der Waals surface area contributed by atoms with Crippen LogP contribution in [0.3, 0.4) is 0 Å². The Kier molecular flexibility index (Phi) is 57.0. The second kappa shape index (κ2) is 66.5. The Labute approximate surface area is 823 Å². The monoisotopic (exact) mass is 2010 g/mol. The number of unbranched alkanes of at least 4 members (excludes halogenated alkanes) is 1. The van der Waals surface area contributed by atoms with Crippen LogP contribution in [0.1, 0.15) is 157 Å². The number of aliphatic carboxylic acids is 2. The van der Waals surface area contributed by atoms with Crippen molar-refractivity contribution in [3.63, 3.8) is 0 Å². The van der Waals surface area contributed by atoms with Gasteiger partial charge in [-0.05, 0) is 92.9 Å². The summed E-state index contributed by atoms with van der Waals surface area (Å²) in [6.07, 6.45) is -6.49. The maximum Gasteiger partial charge on any atom is 0.335 e. The number of benzene rings is 2. The highest BCUT2D eigenvalue weighted by molar-refractivity contribution is 8.00. The van der Waals surface area contributed by atoms with Crippen LogP contribution in [0.15, 0.2) is 60.0 Å². The summed E-state index contributed by atoms with van der Waals surface area (Å²) in [4.78, 5) is 167. The molecule has 3 aliphatic rings. The van der Waals surface area contributed by atoms with E-state index >= 15 is 9.59 Å². The molecule has 4 heterocycles. The second-order valence-corrected chi connectivity index (χ2v) is 37.1. The summed E-state index contributed by atoms with van der Waals surface area (Å²) < 4.78 is 83.2. The number of carboxylic acid groups (broad SMARTS) is 2. The van der Waals surface area contributed by atoms with E-state index in [-0.39, 0.29) is 135 Å². The molecule has 41 nitrogen and oxygen atoms in total. The first-order valence-electron chi connectivity index (χ1n) is 48.0. The number of methoxy groups -OCH3 is 1. The number of carbonyl (C=O) groups excluding carboxylic acids is 10. The van der Waals surface area contributed by atoms with Crippen LogP contribution < -0.4 is 37.1 Å². The summed E-state index contributed by atoms with van der Waals surface area (Å²) in [6.45, 7) is 20.0. The zero-order chi connectivity index (χ0) is 102. The number of esters is 1. The second-order valence-electron chi connectivity index (χ2n) is 35.1. The summed E-state index contributed by atoms with van der Waals surface area (Å²) in [7, 11) is 5.23. The zero-order valence-corrected chi connectivity index (χ0v) is 83.8. The summed E-state index contributed by atoms with van der Waals surface area (Å²) in [5.41, 5.74) is 7.71. The number of carbonyl (C=O) groups is 12. The Morgan fingerprint density at radius 1 is 0.662 bits per heavy atom. The number of aliphatic hydroxyl groups excluding tert-OH is 3. The fourth-order valence-corrected chi connectivity index (χ4v) is 17.8. The van der Waals surface area contributed by atoms with Gasteiger partial charge in [0, 0.05) is 113 Å². The van der Waals surface area contributed by atoms with Crippen molar-refractivity contribution in [1.82, 2.24) is 31.1 Å². The SMILES string of the molecule is CC[C@H](C)[C@H](CC(=O)[C@H]1CCCC[N+]1(C)Cc1ccc(OC2O[C@H](C(=O)O)[C@@H](O)[C@H](O)[C@H]2O)c(NC(=O)CCNC(=O)[C@H](CCCCNC(=O)CCOCCOCCOCCOCCOCCOCCOCCOCCOCCOCCOCCOC)NC(=O)[C@H](CN)N2C(=O)CC(SC)C2=O)c1)C(=O)N(C)[C@H](C[C@@H](OC(C)=O)c1cc(C(=O)N[C@@H](Cc2ccccc2)C[C@H](C)C(=O)O)cs1)C(C)C. The molecule has 2 aromatic carbocycles. The normalized spacial score (nSPS) is 20.0. The number of amides is 8. The first kappa shape index (κ1) is 119. The molecule has 3 aliphatic heterocycles. The third-order valence-corrected chi connectivity index (χ3v) is 26.2. The third kappa shape index (κ3) is 43.0. The van der Waals surface area contributed by atoms with Gasteiger partial charge >= 0.3 is 17.9 Å². The predicted octanol–water partition coefficient (Wildman–Crippen LogP) is 4.02. The number of nitrogens with one attached hydrogen (secondary N) is 5. The summed E-state index contributed by atoms with van der Waals surface area (Å²) in [5, 5.41) is 67.1. The molecule has 0 spiro atoms. The molecule has 3 aromatic rings. The van der Waals surface area contributed by atoms with E-state index in [4.69, 9.17) is 76.8 Å². The quantitative estimate of drug-likeness (QED) is 0.0164. The number of likely N-dealkylation sites (tertiary alicyclic amines) is 2. The number of Topliss-reactive ketones (excluding diaryl/α,β-unsaturated/α-hetero) is 1. The molecule has 43 heteroatoms. The number of piperidine rings is 1. The van der Waals surface area contributed by atoms with Crippen molar-refractivity contribution in [2.24, 2.45) is 29.4 Å². The van der Waals surface area contributed by atoms with Gasteiger partial charge in [-0.15, -0.1) is 11.3 Å². The third-order valence-electron chi connectivity index (χ3n) is 24.2. The Morgan fingerprint density at radius 3 is 1.75 bits per heavy atom. The van der Waals surface area contributed by atoms with Crippen LogP contribution in [-0.2, 0) is 132 Å². The van der Waals surface area contributed by atoms with E-state index in [0.29, 0.717) is 188 Å². The van der Waals surface area contributed by atoms with Crippen LogP contribution in [0, 0.1) is 23.7 Å². The maximum atomic E-state index is 15.3. The molecule has 16 atom stereocenters. The number of carboxylic acids is 2. The summed E-state index contributed by atoms with van der Waals surface area (Å²) in [6, 6.07) is 11.1. The number of nitrogens with two attached hydrogens (primary N) is 1. The van der Waals surface area contributed by atoms with Crippen molar-refractivity contribution < 1.29 is 159 Å². The minimum absolute atomic E-state index is 0.0276. The fourth-order valence-electron chi connectivity index (χ4n) is 16.2. The van der Waals surface area contributed by atoms with Crippen molar-refractivity contribution in [1.29, 1.82) is 0 Å². The van der Waals surface area contributed by atoms with Gasteiger partial charge in [0.1, 0.15) is 54.8 Å². The lowest BCUT2D eigenvalue weighted by atomic mass is 9.82. The van der Waals surface area contributed by atoms with Crippen molar-refractivity contribution in [3.05, 3.63) is 81.5 Å². The number of likely N-dealkylation sites (N-methyl/N-ethyl adjacent to an activating group) is 1. The molecular formula is C96H152N9O32S2+. The minimum atomic E-state index is -2.07. The Hall–Kier alpha value is -8.39. The molecule has 0 saturated carbocycles. The number of hydrogen-bond donors (Lipinski definition) is 11. The number of thiophene rings is 1. The molecule has 12 N–H and O–H groups in total. The van der Waals surface area contributed by atoms with Crippen molar-refractivity contribution in [2.75, 3.05) is 211 Å². The lowest BCUT2D eigenvalue weighted by Gasteiger charge is -2.45. The van der Waals surface area contributed by atoms with Gasteiger partial charge in [-0.1, -0.05) is 71.4 Å². The number of anilines is 1. The molecule has 3 fully saturated rings. The van der Waals surface area contributed by atoms with E-state index in [1.54, 1.807) is 55.8 Å². The predicted molar refractivity (Wildman–Crippen MR) is 511 cm³/mol. The highest BCUT2D eigenvalue weighted by Crippen LogP contribution is 2.38. The van der Waals surface area contributed by atoms with Crippen LogP contribution in [0.5, 0.6) is 5.75 Å². The molecule has 0 aliphatic carbocycles.